The van der Waals surface area contributed by atoms with Gasteiger partial charge in [-0.3, -0.25) is 4.68 Å². The van der Waals surface area contributed by atoms with Crippen molar-refractivity contribution in [3.8, 4) is 0 Å². The van der Waals surface area contributed by atoms with Gasteiger partial charge in [0.25, 0.3) is 0 Å². The molecule has 6 heteroatoms. The molecular formula is C13H24N4O2. The van der Waals surface area contributed by atoms with E-state index in [2.05, 4.69) is 22.7 Å². The summed E-state index contributed by atoms with van der Waals surface area (Å²) in [4.78, 5) is 11.6. The molecule has 1 aromatic heterocycles. The summed E-state index contributed by atoms with van der Waals surface area (Å²) in [6, 6.07) is -0.271. The molecule has 0 aliphatic heterocycles. The van der Waals surface area contributed by atoms with Crippen molar-refractivity contribution in [1.82, 2.24) is 15.1 Å². The Morgan fingerprint density at radius 1 is 1.53 bits per heavy atom. The van der Waals surface area contributed by atoms with Crippen LogP contribution in [0.2, 0.25) is 0 Å². The zero-order valence-corrected chi connectivity index (χ0v) is 11.9. The van der Waals surface area contributed by atoms with E-state index < -0.39 is 0 Å². The van der Waals surface area contributed by atoms with Gasteiger partial charge in [0.05, 0.1) is 18.0 Å². The van der Waals surface area contributed by atoms with Gasteiger partial charge in [-0.25, -0.2) is 4.79 Å². The molecule has 1 unspecified atom stereocenters. The Morgan fingerprint density at radius 3 is 2.89 bits per heavy atom. The zero-order chi connectivity index (χ0) is 14.3. The maximum absolute atomic E-state index is 11.6. The van der Waals surface area contributed by atoms with Crippen molar-refractivity contribution in [1.29, 1.82) is 0 Å². The van der Waals surface area contributed by atoms with Crippen LogP contribution in [0.1, 0.15) is 33.6 Å². The second-order valence-corrected chi connectivity index (χ2v) is 4.97. The lowest BCUT2D eigenvalue weighted by Gasteiger charge is -2.14. The number of anilines is 1. The minimum absolute atomic E-state index is 0.206. The number of aromatic nitrogens is 2. The van der Waals surface area contributed by atoms with E-state index in [1.165, 1.54) is 0 Å². The number of carbonyl (C=O) groups excluding carboxylic acids is 1. The van der Waals surface area contributed by atoms with Crippen LogP contribution in [0.25, 0.3) is 0 Å². The van der Waals surface area contributed by atoms with Crippen molar-refractivity contribution in [2.75, 3.05) is 11.9 Å². The predicted molar refractivity (Wildman–Crippen MR) is 75.0 cm³/mol. The number of aliphatic hydroxyl groups is 1. The van der Waals surface area contributed by atoms with Crippen molar-refractivity contribution in [2.24, 2.45) is 5.92 Å². The van der Waals surface area contributed by atoms with E-state index in [4.69, 9.17) is 0 Å². The molecule has 108 valence electrons. The van der Waals surface area contributed by atoms with Crippen molar-refractivity contribution < 1.29 is 9.90 Å². The van der Waals surface area contributed by atoms with E-state index in [0.29, 0.717) is 18.7 Å². The third-order valence-corrected chi connectivity index (χ3v) is 2.84. The van der Waals surface area contributed by atoms with Gasteiger partial charge in [-0.1, -0.05) is 20.8 Å². The Bertz CT molecular complexity index is 390. The highest BCUT2D eigenvalue weighted by atomic mass is 16.3. The molecule has 3 N–H and O–H groups in total. The number of hydrogen-bond donors (Lipinski definition) is 3. The Balaban J connectivity index is 2.26. The minimum Gasteiger partial charge on any atom is -0.393 e. The maximum Gasteiger partial charge on any atom is 0.319 e. The number of rotatable bonds is 7. The maximum atomic E-state index is 11.6. The van der Waals surface area contributed by atoms with Gasteiger partial charge in [0, 0.05) is 19.3 Å². The van der Waals surface area contributed by atoms with Crippen LogP contribution in [0.15, 0.2) is 12.4 Å². The Labute approximate surface area is 114 Å². The fourth-order valence-electron chi connectivity index (χ4n) is 1.62. The first-order valence-corrected chi connectivity index (χ1v) is 6.78. The van der Waals surface area contributed by atoms with Gasteiger partial charge >= 0.3 is 6.03 Å². The molecule has 0 fully saturated rings. The van der Waals surface area contributed by atoms with Crippen LogP contribution in [0, 0.1) is 5.92 Å². The monoisotopic (exact) mass is 268 g/mol. The third kappa shape index (κ3) is 5.74. The number of nitrogens with zero attached hydrogens (tertiary/aromatic N) is 2. The first-order valence-electron chi connectivity index (χ1n) is 6.78. The minimum atomic E-state index is -0.382. The second kappa shape index (κ2) is 7.78. The summed E-state index contributed by atoms with van der Waals surface area (Å²) in [5, 5.41) is 19.2. The van der Waals surface area contributed by atoms with E-state index in [0.717, 1.165) is 13.0 Å². The molecule has 0 spiro atoms. The molecule has 0 saturated carbocycles. The lowest BCUT2D eigenvalue weighted by Crippen LogP contribution is -2.32. The summed E-state index contributed by atoms with van der Waals surface area (Å²) in [6.45, 7) is 7.26. The van der Waals surface area contributed by atoms with Crippen molar-refractivity contribution in [2.45, 2.75) is 46.3 Å². The molecule has 6 nitrogen and oxygen atoms in total. The van der Waals surface area contributed by atoms with Crippen LogP contribution in [0.4, 0.5) is 10.5 Å². The molecule has 0 saturated heterocycles. The van der Waals surface area contributed by atoms with Gasteiger partial charge in [-0.05, 0) is 18.8 Å². The Kier molecular flexibility index (Phi) is 6.35. The largest absolute Gasteiger partial charge is 0.393 e. The van der Waals surface area contributed by atoms with Crippen molar-refractivity contribution >= 4 is 11.7 Å². The average molecular weight is 268 g/mol. The molecule has 0 aliphatic carbocycles. The highest BCUT2D eigenvalue weighted by molar-refractivity contribution is 5.88. The molecule has 19 heavy (non-hydrogen) atoms. The highest BCUT2D eigenvalue weighted by Crippen LogP contribution is 2.06. The lowest BCUT2D eigenvalue weighted by molar-refractivity contribution is 0.117. The SMILES string of the molecule is CCCn1cc(NC(=O)NCCC(O)C(C)C)cn1. The number of aliphatic hydroxyl groups excluding tert-OH is 1. The van der Waals surface area contributed by atoms with Crippen LogP contribution in [-0.4, -0.2) is 33.6 Å². The second-order valence-electron chi connectivity index (χ2n) is 4.97. The predicted octanol–water partition coefficient (Wildman–Crippen LogP) is 1.82. The molecule has 1 atom stereocenters. The van der Waals surface area contributed by atoms with Crippen molar-refractivity contribution in [3.05, 3.63) is 12.4 Å². The van der Waals surface area contributed by atoms with Crippen LogP contribution in [-0.2, 0) is 6.54 Å². The summed E-state index contributed by atoms with van der Waals surface area (Å²) in [5.74, 6) is 0.206. The van der Waals surface area contributed by atoms with E-state index in [-0.39, 0.29) is 18.1 Å². The molecule has 2 amide bonds. The smallest absolute Gasteiger partial charge is 0.319 e. The molecule has 0 bridgehead atoms. The average Bonchev–Trinajstić information content (AvgIpc) is 2.76. The van der Waals surface area contributed by atoms with E-state index >= 15 is 0 Å². The normalized spacial score (nSPS) is 12.5. The van der Waals surface area contributed by atoms with Crippen LogP contribution < -0.4 is 10.6 Å². The zero-order valence-electron chi connectivity index (χ0n) is 11.9. The van der Waals surface area contributed by atoms with E-state index in [1.54, 1.807) is 17.1 Å². The first-order chi connectivity index (χ1) is 9.02. The number of carbonyl (C=O) groups is 1. The fourth-order valence-corrected chi connectivity index (χ4v) is 1.62. The highest BCUT2D eigenvalue weighted by Gasteiger charge is 2.09. The summed E-state index contributed by atoms with van der Waals surface area (Å²) >= 11 is 0. The molecule has 0 aromatic carbocycles. The molecule has 0 radical (unpaired) electrons. The van der Waals surface area contributed by atoms with Gasteiger partial charge in [0.1, 0.15) is 0 Å². The lowest BCUT2D eigenvalue weighted by atomic mass is 10.0. The topological polar surface area (TPSA) is 79.2 Å². The van der Waals surface area contributed by atoms with Gasteiger partial charge in [-0.2, -0.15) is 5.10 Å². The molecule has 0 aliphatic rings. The van der Waals surface area contributed by atoms with Crippen LogP contribution >= 0.6 is 0 Å². The van der Waals surface area contributed by atoms with E-state index in [9.17, 15) is 9.90 Å². The molecular weight excluding hydrogens is 244 g/mol. The van der Waals surface area contributed by atoms with Gasteiger partial charge in [0.15, 0.2) is 0 Å². The number of urea groups is 1. The number of aryl methyl sites for hydroxylation is 1. The fraction of sp³-hybridized carbons (Fsp3) is 0.692. The molecule has 1 aromatic rings. The first kappa shape index (κ1) is 15.5. The molecule has 1 heterocycles. The standard InChI is InChI=1S/C13H24N4O2/c1-4-7-17-9-11(8-15-17)16-13(19)14-6-5-12(18)10(2)3/h8-10,12,18H,4-7H2,1-3H3,(H2,14,16,19). The summed E-state index contributed by atoms with van der Waals surface area (Å²) in [5.41, 5.74) is 0.676. The summed E-state index contributed by atoms with van der Waals surface area (Å²) in [6.07, 6.45) is 4.60. The van der Waals surface area contributed by atoms with Crippen molar-refractivity contribution in [3.63, 3.8) is 0 Å². The molecule has 1 rings (SSSR count). The van der Waals surface area contributed by atoms with Crippen LogP contribution in [0.5, 0.6) is 0 Å². The van der Waals surface area contributed by atoms with Gasteiger partial charge in [0.2, 0.25) is 0 Å². The number of hydrogen-bond acceptors (Lipinski definition) is 3. The number of nitrogens with one attached hydrogen (secondary N) is 2. The van der Waals surface area contributed by atoms with E-state index in [1.807, 2.05) is 13.8 Å². The summed E-state index contributed by atoms with van der Waals surface area (Å²) in [7, 11) is 0. The third-order valence-electron chi connectivity index (χ3n) is 2.84. The van der Waals surface area contributed by atoms with Gasteiger partial charge < -0.3 is 15.7 Å². The Morgan fingerprint density at radius 2 is 2.26 bits per heavy atom. The summed E-state index contributed by atoms with van der Waals surface area (Å²) < 4.78 is 1.79. The number of amides is 2. The van der Waals surface area contributed by atoms with Gasteiger partial charge in [-0.15, -0.1) is 0 Å². The van der Waals surface area contributed by atoms with Crippen LogP contribution in [0.3, 0.4) is 0 Å². The Hall–Kier alpha value is -1.56. The quantitative estimate of drug-likeness (QED) is 0.705.